The molecule has 0 saturated carbocycles. The minimum Gasteiger partial charge on any atom is -0.103 e. The third kappa shape index (κ3) is 2.09. The molecule has 1 unspecified atom stereocenters. The molecule has 0 fully saturated rings. The van der Waals surface area contributed by atoms with Gasteiger partial charge in [-0.25, -0.2) is 0 Å². The molecule has 0 nitrogen and oxygen atoms in total. The topological polar surface area (TPSA) is 0 Å². The van der Waals surface area contributed by atoms with Gasteiger partial charge in [-0.2, -0.15) is 0 Å². The van der Waals surface area contributed by atoms with Crippen LogP contribution >= 0.6 is 0 Å². The molecule has 1 aliphatic carbocycles. The van der Waals surface area contributed by atoms with Crippen LogP contribution in [0.1, 0.15) is 12.8 Å². The fourth-order valence-corrected chi connectivity index (χ4v) is 1.51. The number of hydrogen-bond donors (Lipinski definition) is 0. The lowest BCUT2D eigenvalue weighted by Gasteiger charge is -2.27. The fraction of sp³-hybridized carbons (Fsp3) is 0.231. The largest absolute Gasteiger partial charge is 0.103 e. The van der Waals surface area contributed by atoms with Crippen molar-refractivity contribution in [2.24, 2.45) is 5.41 Å². The van der Waals surface area contributed by atoms with Crippen molar-refractivity contribution in [2.45, 2.75) is 12.8 Å². The maximum atomic E-state index is 3.87. The van der Waals surface area contributed by atoms with Crippen molar-refractivity contribution in [3.8, 4) is 0 Å². The van der Waals surface area contributed by atoms with Crippen molar-refractivity contribution in [3.05, 3.63) is 61.8 Å². The van der Waals surface area contributed by atoms with Crippen molar-refractivity contribution >= 4 is 0 Å². The van der Waals surface area contributed by atoms with Gasteiger partial charge in [0.15, 0.2) is 0 Å². The second-order valence-corrected chi connectivity index (χ2v) is 3.38. The van der Waals surface area contributed by atoms with Crippen LogP contribution in [0, 0.1) is 5.41 Å². The molecule has 1 atom stereocenters. The van der Waals surface area contributed by atoms with Crippen LogP contribution in [-0.2, 0) is 0 Å². The van der Waals surface area contributed by atoms with Gasteiger partial charge < -0.3 is 0 Å². The average Bonchev–Trinajstić information content (AvgIpc) is 2.19. The Morgan fingerprint density at radius 3 is 2.54 bits per heavy atom. The quantitative estimate of drug-likeness (QED) is 0.566. The molecule has 0 aromatic heterocycles. The number of rotatable bonds is 4. The van der Waals surface area contributed by atoms with Crippen LogP contribution in [0.15, 0.2) is 61.8 Å². The van der Waals surface area contributed by atoms with Crippen molar-refractivity contribution < 1.29 is 0 Å². The second kappa shape index (κ2) is 4.08. The maximum absolute atomic E-state index is 3.87. The van der Waals surface area contributed by atoms with Gasteiger partial charge in [0.2, 0.25) is 0 Å². The molecule has 0 saturated heterocycles. The molecule has 0 aromatic carbocycles. The lowest BCUT2D eigenvalue weighted by molar-refractivity contribution is 0.503. The molecule has 68 valence electrons. The molecule has 0 amide bonds. The number of hydrogen-bond acceptors (Lipinski definition) is 0. The number of allylic oxidation sites excluding steroid dienone is 7. The Hall–Kier alpha value is -1.30. The van der Waals surface area contributed by atoms with E-state index in [1.807, 2.05) is 18.2 Å². The molecule has 0 N–H and O–H groups in total. The third-order valence-electron chi connectivity index (χ3n) is 2.49. The molecule has 0 aliphatic heterocycles. The minimum atomic E-state index is 0.0915. The van der Waals surface area contributed by atoms with Gasteiger partial charge in [-0.05, 0) is 18.4 Å². The van der Waals surface area contributed by atoms with Crippen LogP contribution in [0.4, 0.5) is 0 Å². The summed E-state index contributed by atoms with van der Waals surface area (Å²) in [6.45, 7) is 11.4. The van der Waals surface area contributed by atoms with Gasteiger partial charge in [-0.3, -0.25) is 0 Å². The van der Waals surface area contributed by atoms with E-state index in [2.05, 4.69) is 38.0 Å². The predicted molar refractivity (Wildman–Crippen MR) is 59.5 cm³/mol. The summed E-state index contributed by atoms with van der Waals surface area (Å²) in [6, 6.07) is 0. The summed E-state index contributed by atoms with van der Waals surface area (Å²) in [4.78, 5) is 0. The summed E-state index contributed by atoms with van der Waals surface area (Å²) >= 11 is 0. The summed E-state index contributed by atoms with van der Waals surface area (Å²) < 4.78 is 0. The minimum absolute atomic E-state index is 0.0915. The van der Waals surface area contributed by atoms with E-state index in [1.54, 1.807) is 0 Å². The van der Waals surface area contributed by atoms with Crippen LogP contribution in [0.3, 0.4) is 0 Å². The standard InChI is InChI=1S/C13H16/c1-4-9-13(6-3)10-7-12(5-2)8-11-13/h4-8,10H,1-3,9,11H2. The lowest BCUT2D eigenvalue weighted by Crippen LogP contribution is -2.14. The van der Waals surface area contributed by atoms with E-state index in [4.69, 9.17) is 0 Å². The van der Waals surface area contributed by atoms with Crippen LogP contribution < -0.4 is 0 Å². The lowest BCUT2D eigenvalue weighted by atomic mass is 9.77. The van der Waals surface area contributed by atoms with Crippen molar-refractivity contribution in [2.75, 3.05) is 0 Å². The van der Waals surface area contributed by atoms with E-state index in [-0.39, 0.29) is 5.41 Å². The first-order valence-corrected chi connectivity index (χ1v) is 4.53. The van der Waals surface area contributed by atoms with Crippen LogP contribution in [0.25, 0.3) is 0 Å². The average molecular weight is 172 g/mol. The molecular formula is C13H16. The molecule has 0 aromatic rings. The monoisotopic (exact) mass is 172 g/mol. The first kappa shape index (κ1) is 9.79. The Kier molecular flexibility index (Phi) is 3.07. The predicted octanol–water partition coefficient (Wildman–Crippen LogP) is 3.81. The summed E-state index contributed by atoms with van der Waals surface area (Å²) in [7, 11) is 0. The molecular weight excluding hydrogens is 156 g/mol. The van der Waals surface area contributed by atoms with Crippen molar-refractivity contribution in [1.29, 1.82) is 0 Å². The van der Waals surface area contributed by atoms with Gasteiger partial charge in [0.05, 0.1) is 0 Å². The molecule has 1 rings (SSSR count). The molecule has 0 radical (unpaired) electrons. The van der Waals surface area contributed by atoms with Gasteiger partial charge in [-0.1, -0.05) is 43.0 Å². The SMILES string of the molecule is C=CCC1(C=C)C=CC(C=C)=CC1. The Morgan fingerprint density at radius 2 is 2.15 bits per heavy atom. The zero-order chi connectivity index (χ0) is 9.73. The molecule has 13 heavy (non-hydrogen) atoms. The van der Waals surface area contributed by atoms with E-state index >= 15 is 0 Å². The maximum Gasteiger partial charge on any atom is 0.0131 e. The van der Waals surface area contributed by atoms with E-state index in [9.17, 15) is 0 Å². The highest BCUT2D eigenvalue weighted by Crippen LogP contribution is 2.34. The van der Waals surface area contributed by atoms with Gasteiger partial charge in [0, 0.05) is 5.41 Å². The first-order valence-electron chi connectivity index (χ1n) is 4.53. The van der Waals surface area contributed by atoms with Gasteiger partial charge in [-0.15, -0.1) is 13.2 Å². The summed E-state index contributed by atoms with van der Waals surface area (Å²) in [5, 5.41) is 0. The Morgan fingerprint density at radius 1 is 1.38 bits per heavy atom. The Bertz CT molecular complexity index is 278. The summed E-state index contributed by atoms with van der Waals surface area (Å²) in [6.07, 6.45) is 14.3. The first-order chi connectivity index (χ1) is 6.26. The van der Waals surface area contributed by atoms with Crippen molar-refractivity contribution in [3.63, 3.8) is 0 Å². The van der Waals surface area contributed by atoms with Gasteiger partial charge in [0.25, 0.3) is 0 Å². The Balaban J connectivity index is 2.81. The van der Waals surface area contributed by atoms with E-state index < -0.39 is 0 Å². The fourth-order valence-electron chi connectivity index (χ4n) is 1.51. The van der Waals surface area contributed by atoms with E-state index in [0.717, 1.165) is 12.8 Å². The third-order valence-corrected chi connectivity index (χ3v) is 2.49. The molecule has 0 heterocycles. The Labute approximate surface area is 80.7 Å². The molecule has 1 aliphatic rings. The zero-order valence-electron chi connectivity index (χ0n) is 8.00. The second-order valence-electron chi connectivity index (χ2n) is 3.38. The molecule has 0 bridgehead atoms. The highest BCUT2D eigenvalue weighted by Gasteiger charge is 2.22. The van der Waals surface area contributed by atoms with Crippen LogP contribution in [0.2, 0.25) is 0 Å². The van der Waals surface area contributed by atoms with E-state index in [0.29, 0.717) is 0 Å². The van der Waals surface area contributed by atoms with Crippen LogP contribution in [0.5, 0.6) is 0 Å². The van der Waals surface area contributed by atoms with Crippen molar-refractivity contribution in [1.82, 2.24) is 0 Å². The van der Waals surface area contributed by atoms with E-state index in [1.165, 1.54) is 5.57 Å². The normalized spacial score (nSPS) is 26.3. The van der Waals surface area contributed by atoms with Gasteiger partial charge in [0.1, 0.15) is 0 Å². The van der Waals surface area contributed by atoms with Gasteiger partial charge >= 0.3 is 0 Å². The molecule has 0 heteroatoms. The highest BCUT2D eigenvalue weighted by atomic mass is 14.3. The summed E-state index contributed by atoms with van der Waals surface area (Å²) in [5.41, 5.74) is 1.29. The zero-order valence-corrected chi connectivity index (χ0v) is 8.00. The molecule has 0 spiro atoms. The van der Waals surface area contributed by atoms with Crippen LogP contribution in [-0.4, -0.2) is 0 Å². The highest BCUT2D eigenvalue weighted by molar-refractivity contribution is 5.36. The summed E-state index contributed by atoms with van der Waals surface area (Å²) in [5.74, 6) is 0. The smallest absolute Gasteiger partial charge is 0.0131 e.